The van der Waals surface area contributed by atoms with Crippen LogP contribution >= 0.6 is 0 Å². The number of rotatable bonds is 2. The molecule has 1 aliphatic heterocycles. The topological polar surface area (TPSA) is 38.3 Å². The molecule has 1 saturated heterocycles. The van der Waals surface area contributed by atoms with E-state index in [0.717, 1.165) is 24.9 Å². The summed E-state index contributed by atoms with van der Waals surface area (Å²) in [7, 11) is 0. The summed E-state index contributed by atoms with van der Waals surface area (Å²) in [6, 6.07) is 0.474. The Labute approximate surface area is 77.8 Å². The van der Waals surface area contributed by atoms with Crippen LogP contribution in [0.25, 0.3) is 0 Å². The Bertz CT molecular complexity index is 237. The van der Waals surface area contributed by atoms with Gasteiger partial charge < -0.3 is 10.1 Å². The number of carbonyl (C=O) groups is 1. The molecule has 3 heteroatoms. The zero-order valence-electron chi connectivity index (χ0n) is 7.66. The van der Waals surface area contributed by atoms with E-state index in [2.05, 4.69) is 5.32 Å². The van der Waals surface area contributed by atoms with Gasteiger partial charge in [0, 0.05) is 12.5 Å². The zero-order valence-corrected chi connectivity index (χ0v) is 7.66. The van der Waals surface area contributed by atoms with Gasteiger partial charge in [-0.25, -0.2) is 0 Å². The second-order valence-corrected chi connectivity index (χ2v) is 4.50. The van der Waals surface area contributed by atoms with Crippen LogP contribution < -0.4 is 5.32 Å². The van der Waals surface area contributed by atoms with Gasteiger partial charge in [-0.1, -0.05) is 0 Å². The van der Waals surface area contributed by atoms with Gasteiger partial charge in [0.2, 0.25) is 5.91 Å². The summed E-state index contributed by atoms with van der Waals surface area (Å²) in [6.45, 7) is 0.759. The van der Waals surface area contributed by atoms with Crippen LogP contribution in [0.1, 0.15) is 25.7 Å². The fraction of sp³-hybridized carbons (Fsp3) is 0.900. The Balaban J connectivity index is 1.53. The van der Waals surface area contributed by atoms with Gasteiger partial charge in [0.25, 0.3) is 0 Å². The summed E-state index contributed by atoms with van der Waals surface area (Å²) >= 11 is 0. The van der Waals surface area contributed by atoms with E-state index in [9.17, 15) is 4.79 Å². The molecule has 3 nitrogen and oxygen atoms in total. The first kappa shape index (κ1) is 7.80. The predicted molar refractivity (Wildman–Crippen MR) is 47.1 cm³/mol. The standard InChI is InChI=1S/C10H15NO2/c12-10(9-3-4-13-9)11-8-2-1-6-5-7(6)8/h6-9H,1-5H2,(H,11,12). The molecule has 3 aliphatic rings. The lowest BCUT2D eigenvalue weighted by molar-refractivity contribution is -0.145. The highest BCUT2D eigenvalue weighted by Crippen LogP contribution is 2.51. The Morgan fingerprint density at radius 3 is 2.62 bits per heavy atom. The van der Waals surface area contributed by atoms with Gasteiger partial charge in [-0.3, -0.25) is 4.79 Å². The summed E-state index contributed by atoms with van der Waals surface area (Å²) in [6.07, 6.45) is 4.63. The van der Waals surface area contributed by atoms with Crippen LogP contribution in [0.4, 0.5) is 0 Å². The highest BCUT2D eigenvalue weighted by atomic mass is 16.5. The third kappa shape index (κ3) is 1.26. The number of hydrogen-bond acceptors (Lipinski definition) is 2. The first-order valence-electron chi connectivity index (χ1n) is 5.26. The summed E-state index contributed by atoms with van der Waals surface area (Å²) in [5.41, 5.74) is 0. The third-order valence-corrected chi connectivity index (χ3v) is 3.66. The molecular weight excluding hydrogens is 166 g/mol. The molecular formula is C10H15NO2. The van der Waals surface area contributed by atoms with E-state index >= 15 is 0 Å². The van der Waals surface area contributed by atoms with E-state index in [1.54, 1.807) is 0 Å². The fourth-order valence-electron chi connectivity index (χ4n) is 2.60. The maximum atomic E-state index is 11.5. The van der Waals surface area contributed by atoms with E-state index in [-0.39, 0.29) is 12.0 Å². The van der Waals surface area contributed by atoms with Crippen molar-refractivity contribution >= 4 is 5.91 Å². The van der Waals surface area contributed by atoms with Gasteiger partial charge in [0.1, 0.15) is 6.10 Å². The van der Waals surface area contributed by atoms with Crippen LogP contribution in [0.5, 0.6) is 0 Å². The van der Waals surface area contributed by atoms with Crippen molar-refractivity contribution in [2.75, 3.05) is 6.61 Å². The van der Waals surface area contributed by atoms with Crippen molar-refractivity contribution in [3.8, 4) is 0 Å². The van der Waals surface area contributed by atoms with E-state index in [1.165, 1.54) is 19.3 Å². The Kier molecular flexibility index (Phi) is 1.62. The smallest absolute Gasteiger partial charge is 0.249 e. The van der Waals surface area contributed by atoms with Crippen molar-refractivity contribution in [3.05, 3.63) is 0 Å². The minimum atomic E-state index is -0.127. The maximum absolute atomic E-state index is 11.5. The lowest BCUT2D eigenvalue weighted by atomic mass is 10.1. The fourth-order valence-corrected chi connectivity index (χ4v) is 2.60. The molecule has 0 spiro atoms. The first-order valence-corrected chi connectivity index (χ1v) is 5.26. The molecule has 4 atom stereocenters. The van der Waals surface area contributed by atoms with Crippen molar-refractivity contribution in [1.82, 2.24) is 5.32 Å². The molecule has 13 heavy (non-hydrogen) atoms. The first-order chi connectivity index (χ1) is 6.34. The minimum absolute atomic E-state index is 0.127. The Morgan fingerprint density at radius 1 is 1.31 bits per heavy atom. The average molecular weight is 181 g/mol. The molecule has 4 unspecified atom stereocenters. The molecule has 0 aromatic heterocycles. The van der Waals surface area contributed by atoms with Gasteiger partial charge in [-0.05, 0) is 31.1 Å². The minimum Gasteiger partial charge on any atom is -0.368 e. The molecule has 1 amide bonds. The lowest BCUT2D eigenvalue weighted by Gasteiger charge is -2.27. The van der Waals surface area contributed by atoms with Crippen molar-refractivity contribution in [1.29, 1.82) is 0 Å². The second kappa shape index (κ2) is 2.71. The molecule has 2 aliphatic carbocycles. The van der Waals surface area contributed by atoms with E-state index in [4.69, 9.17) is 4.74 Å². The number of nitrogens with one attached hydrogen (secondary N) is 1. The van der Waals surface area contributed by atoms with Crippen molar-refractivity contribution in [2.45, 2.75) is 37.8 Å². The molecule has 3 fully saturated rings. The maximum Gasteiger partial charge on any atom is 0.249 e. The molecule has 2 saturated carbocycles. The molecule has 0 bridgehead atoms. The predicted octanol–water partition coefficient (Wildman–Crippen LogP) is 0.690. The number of hydrogen-bond donors (Lipinski definition) is 1. The van der Waals surface area contributed by atoms with Gasteiger partial charge in [-0.2, -0.15) is 0 Å². The van der Waals surface area contributed by atoms with Crippen LogP contribution in [-0.2, 0) is 9.53 Å². The molecule has 0 aromatic rings. The highest BCUT2D eigenvalue weighted by molar-refractivity contribution is 5.81. The zero-order chi connectivity index (χ0) is 8.84. The van der Waals surface area contributed by atoms with Crippen molar-refractivity contribution < 1.29 is 9.53 Å². The van der Waals surface area contributed by atoms with Gasteiger partial charge in [0.05, 0.1) is 6.61 Å². The van der Waals surface area contributed by atoms with Crippen molar-refractivity contribution in [3.63, 3.8) is 0 Å². The number of carbonyl (C=O) groups excluding carboxylic acids is 1. The van der Waals surface area contributed by atoms with E-state index < -0.39 is 0 Å². The monoisotopic (exact) mass is 181 g/mol. The van der Waals surface area contributed by atoms with E-state index in [0.29, 0.717) is 6.04 Å². The average Bonchev–Trinajstić information content (AvgIpc) is 2.66. The van der Waals surface area contributed by atoms with Crippen LogP contribution in [0, 0.1) is 11.8 Å². The number of ether oxygens (including phenoxy) is 1. The molecule has 0 aromatic carbocycles. The van der Waals surface area contributed by atoms with Gasteiger partial charge >= 0.3 is 0 Å². The summed E-state index contributed by atoms with van der Waals surface area (Å²) in [4.78, 5) is 11.5. The van der Waals surface area contributed by atoms with E-state index in [1.807, 2.05) is 0 Å². The Hall–Kier alpha value is -0.570. The molecule has 1 heterocycles. The van der Waals surface area contributed by atoms with Crippen LogP contribution in [0.2, 0.25) is 0 Å². The molecule has 72 valence electrons. The summed E-state index contributed by atoms with van der Waals surface area (Å²) in [5, 5.41) is 3.11. The third-order valence-electron chi connectivity index (χ3n) is 3.66. The second-order valence-electron chi connectivity index (χ2n) is 4.50. The summed E-state index contributed by atoms with van der Waals surface area (Å²) in [5.74, 6) is 1.88. The summed E-state index contributed by atoms with van der Waals surface area (Å²) < 4.78 is 5.14. The highest BCUT2D eigenvalue weighted by Gasteiger charge is 2.48. The quantitative estimate of drug-likeness (QED) is 0.680. The van der Waals surface area contributed by atoms with Gasteiger partial charge in [0.15, 0.2) is 0 Å². The normalized spacial score (nSPS) is 46.5. The molecule has 3 rings (SSSR count). The van der Waals surface area contributed by atoms with Gasteiger partial charge in [-0.15, -0.1) is 0 Å². The SMILES string of the molecule is O=C(NC1CCC2CC21)C1CCO1. The van der Waals surface area contributed by atoms with Crippen molar-refractivity contribution in [2.24, 2.45) is 11.8 Å². The molecule has 1 N–H and O–H groups in total. The van der Waals surface area contributed by atoms with Crippen LogP contribution in [0.15, 0.2) is 0 Å². The Morgan fingerprint density at radius 2 is 2.15 bits per heavy atom. The number of fused-ring (bicyclic) bond motifs is 1. The molecule has 0 radical (unpaired) electrons. The number of amides is 1. The van der Waals surface area contributed by atoms with Crippen LogP contribution in [-0.4, -0.2) is 24.7 Å². The van der Waals surface area contributed by atoms with Crippen LogP contribution in [0.3, 0.4) is 0 Å². The lowest BCUT2D eigenvalue weighted by Crippen LogP contribution is -2.47. The largest absolute Gasteiger partial charge is 0.368 e.